The molecule has 0 unspecified atom stereocenters. The molecule has 1 aromatic heterocycles. The molecule has 0 aliphatic rings. The maximum absolute atomic E-state index is 12.7. The topological polar surface area (TPSA) is 66.9 Å². The predicted molar refractivity (Wildman–Crippen MR) is 98.8 cm³/mol. The first kappa shape index (κ1) is 17.9. The number of hydrogen-bond acceptors (Lipinski definition) is 4. The molecule has 0 aliphatic carbocycles. The average Bonchev–Trinajstić information content (AvgIpc) is 2.54. The largest absolute Gasteiger partial charge is 0.370 e. The Morgan fingerprint density at radius 2 is 1.96 bits per heavy atom. The number of amides is 1. The fraction of sp³-hybridized carbons (Fsp3) is 0.421. The Morgan fingerprint density at radius 1 is 1.21 bits per heavy atom. The van der Waals surface area contributed by atoms with Crippen LogP contribution >= 0.6 is 0 Å². The van der Waals surface area contributed by atoms with Crippen LogP contribution in [-0.2, 0) is 0 Å². The van der Waals surface area contributed by atoms with E-state index >= 15 is 0 Å². The smallest absolute Gasteiger partial charge is 0.274 e. The Bertz CT molecular complexity index is 725. The van der Waals surface area contributed by atoms with Gasteiger partial charge >= 0.3 is 0 Å². The van der Waals surface area contributed by atoms with Gasteiger partial charge in [0, 0.05) is 18.3 Å². The minimum Gasteiger partial charge on any atom is -0.370 e. The van der Waals surface area contributed by atoms with Crippen LogP contribution < -0.4 is 10.6 Å². The lowest BCUT2D eigenvalue weighted by atomic mass is 9.98. The van der Waals surface area contributed by atoms with Crippen molar-refractivity contribution in [3.05, 3.63) is 46.9 Å². The number of anilines is 2. The first-order valence-electron chi connectivity index (χ1n) is 8.42. The molecule has 2 aromatic rings. The van der Waals surface area contributed by atoms with Gasteiger partial charge < -0.3 is 10.6 Å². The number of benzene rings is 1. The first-order chi connectivity index (χ1) is 11.4. The monoisotopic (exact) mass is 326 g/mol. The van der Waals surface area contributed by atoms with E-state index in [-0.39, 0.29) is 5.91 Å². The van der Waals surface area contributed by atoms with Crippen molar-refractivity contribution in [3.8, 4) is 0 Å². The summed E-state index contributed by atoms with van der Waals surface area (Å²) >= 11 is 0. The van der Waals surface area contributed by atoms with E-state index in [4.69, 9.17) is 0 Å². The number of aryl methyl sites for hydroxylation is 2. The molecule has 0 radical (unpaired) electrons. The highest BCUT2D eigenvalue weighted by Crippen LogP contribution is 2.27. The second-order valence-electron chi connectivity index (χ2n) is 6.26. The zero-order valence-electron chi connectivity index (χ0n) is 15.1. The van der Waals surface area contributed by atoms with E-state index in [9.17, 15) is 4.79 Å². The maximum atomic E-state index is 12.7. The van der Waals surface area contributed by atoms with Crippen LogP contribution in [0.3, 0.4) is 0 Å². The highest BCUT2D eigenvalue weighted by Gasteiger charge is 2.15. The van der Waals surface area contributed by atoms with Crippen molar-refractivity contribution >= 4 is 17.4 Å². The van der Waals surface area contributed by atoms with Crippen LogP contribution in [0.2, 0.25) is 0 Å². The summed E-state index contributed by atoms with van der Waals surface area (Å²) in [5.41, 5.74) is 3.42. The van der Waals surface area contributed by atoms with Crippen molar-refractivity contribution in [3.63, 3.8) is 0 Å². The van der Waals surface area contributed by atoms with Crippen molar-refractivity contribution < 1.29 is 4.79 Å². The molecular formula is C19H26N4O. The normalized spacial score (nSPS) is 10.8. The predicted octanol–water partition coefficient (Wildman–Crippen LogP) is 4.29. The van der Waals surface area contributed by atoms with E-state index in [1.807, 2.05) is 25.1 Å². The molecular weight excluding hydrogens is 300 g/mol. The zero-order valence-corrected chi connectivity index (χ0v) is 15.1. The number of hydrogen-bond donors (Lipinski definition) is 2. The van der Waals surface area contributed by atoms with Gasteiger partial charge in [0.15, 0.2) is 0 Å². The summed E-state index contributed by atoms with van der Waals surface area (Å²) in [6, 6.07) is 7.76. The average molecular weight is 326 g/mol. The van der Waals surface area contributed by atoms with E-state index in [2.05, 4.69) is 41.4 Å². The molecule has 0 spiro atoms. The molecule has 2 N–H and O–H groups in total. The molecule has 0 saturated heterocycles. The molecule has 24 heavy (non-hydrogen) atoms. The van der Waals surface area contributed by atoms with Crippen LogP contribution in [0, 0.1) is 13.8 Å². The van der Waals surface area contributed by atoms with Gasteiger partial charge in [0.2, 0.25) is 0 Å². The molecule has 0 atom stereocenters. The molecule has 1 amide bonds. The highest BCUT2D eigenvalue weighted by molar-refractivity contribution is 6.04. The fourth-order valence-electron chi connectivity index (χ4n) is 2.55. The number of aromatic nitrogens is 2. The Hall–Kier alpha value is -2.43. The van der Waals surface area contributed by atoms with Crippen LogP contribution in [-0.4, -0.2) is 22.4 Å². The Balaban J connectivity index is 2.29. The molecule has 0 bridgehead atoms. The number of nitrogens with one attached hydrogen (secondary N) is 2. The molecule has 128 valence electrons. The Kier molecular flexibility index (Phi) is 5.90. The third-order valence-electron chi connectivity index (χ3n) is 3.79. The summed E-state index contributed by atoms with van der Waals surface area (Å²) in [6.07, 6.45) is 0.992. The number of rotatable bonds is 6. The molecule has 1 aromatic carbocycles. The Labute approximate surface area is 143 Å². The van der Waals surface area contributed by atoms with E-state index < -0.39 is 0 Å². The van der Waals surface area contributed by atoms with E-state index in [1.165, 1.54) is 0 Å². The molecule has 1 heterocycles. The van der Waals surface area contributed by atoms with Gasteiger partial charge in [0.25, 0.3) is 5.91 Å². The van der Waals surface area contributed by atoms with Crippen molar-refractivity contribution in [2.45, 2.75) is 47.0 Å². The summed E-state index contributed by atoms with van der Waals surface area (Å²) in [5.74, 6) is 1.38. The SMILES string of the molecule is CCCNc1cc(C(=O)Nc2c(C)cccc2C(C)C)nc(C)n1. The molecule has 0 saturated carbocycles. The second kappa shape index (κ2) is 7.90. The molecule has 5 heteroatoms. The number of carbonyl (C=O) groups is 1. The van der Waals surface area contributed by atoms with Gasteiger partial charge in [-0.05, 0) is 37.3 Å². The van der Waals surface area contributed by atoms with Crippen LogP contribution in [0.5, 0.6) is 0 Å². The zero-order chi connectivity index (χ0) is 17.7. The number of nitrogens with zero attached hydrogens (tertiary/aromatic N) is 2. The summed E-state index contributed by atoms with van der Waals surface area (Å²) in [5, 5.41) is 6.23. The lowest BCUT2D eigenvalue weighted by molar-refractivity contribution is 0.102. The quantitative estimate of drug-likeness (QED) is 0.831. The van der Waals surface area contributed by atoms with Crippen LogP contribution in [0.15, 0.2) is 24.3 Å². The van der Waals surface area contributed by atoms with Gasteiger partial charge in [0.1, 0.15) is 17.3 Å². The van der Waals surface area contributed by atoms with Gasteiger partial charge in [-0.25, -0.2) is 9.97 Å². The third-order valence-corrected chi connectivity index (χ3v) is 3.79. The van der Waals surface area contributed by atoms with Crippen LogP contribution in [0.25, 0.3) is 0 Å². The van der Waals surface area contributed by atoms with E-state index in [0.29, 0.717) is 23.3 Å². The van der Waals surface area contributed by atoms with Gasteiger partial charge in [-0.1, -0.05) is 39.0 Å². The van der Waals surface area contributed by atoms with Gasteiger partial charge in [-0.15, -0.1) is 0 Å². The molecule has 0 aliphatic heterocycles. The van der Waals surface area contributed by atoms with E-state index in [0.717, 1.165) is 29.8 Å². The molecule has 5 nitrogen and oxygen atoms in total. The van der Waals surface area contributed by atoms with Crippen molar-refractivity contribution in [2.24, 2.45) is 0 Å². The van der Waals surface area contributed by atoms with E-state index in [1.54, 1.807) is 13.0 Å². The summed E-state index contributed by atoms with van der Waals surface area (Å²) in [4.78, 5) is 21.3. The maximum Gasteiger partial charge on any atom is 0.274 e. The highest BCUT2D eigenvalue weighted by atomic mass is 16.1. The fourth-order valence-corrected chi connectivity index (χ4v) is 2.55. The van der Waals surface area contributed by atoms with Crippen molar-refractivity contribution in [2.75, 3.05) is 17.2 Å². The molecule has 0 fully saturated rings. The Morgan fingerprint density at radius 3 is 2.62 bits per heavy atom. The van der Waals surface area contributed by atoms with Crippen LogP contribution in [0.1, 0.15) is 60.5 Å². The minimum absolute atomic E-state index is 0.212. The number of carbonyl (C=O) groups excluding carboxylic acids is 1. The van der Waals surface area contributed by atoms with Crippen molar-refractivity contribution in [1.29, 1.82) is 0 Å². The third kappa shape index (κ3) is 4.31. The van der Waals surface area contributed by atoms with Gasteiger partial charge in [0.05, 0.1) is 0 Å². The van der Waals surface area contributed by atoms with Crippen molar-refractivity contribution in [1.82, 2.24) is 9.97 Å². The summed E-state index contributed by atoms with van der Waals surface area (Å²) in [6.45, 7) is 10.9. The molecule has 2 rings (SSSR count). The number of para-hydroxylation sites is 1. The standard InChI is InChI=1S/C19H26N4O/c1-6-10-20-17-11-16(21-14(5)22-17)19(24)23-18-13(4)8-7-9-15(18)12(2)3/h7-9,11-12H,6,10H2,1-5H3,(H,23,24)(H,20,21,22). The first-order valence-corrected chi connectivity index (χ1v) is 8.42. The minimum atomic E-state index is -0.212. The lowest BCUT2D eigenvalue weighted by Crippen LogP contribution is -2.18. The second-order valence-corrected chi connectivity index (χ2v) is 6.26. The lowest BCUT2D eigenvalue weighted by Gasteiger charge is -2.16. The summed E-state index contributed by atoms with van der Waals surface area (Å²) < 4.78 is 0. The summed E-state index contributed by atoms with van der Waals surface area (Å²) in [7, 11) is 0. The van der Waals surface area contributed by atoms with Gasteiger partial charge in [-0.3, -0.25) is 4.79 Å². The van der Waals surface area contributed by atoms with Gasteiger partial charge in [-0.2, -0.15) is 0 Å². The van der Waals surface area contributed by atoms with Crippen LogP contribution in [0.4, 0.5) is 11.5 Å².